The van der Waals surface area contributed by atoms with Crippen LogP contribution in [-0.2, 0) is 22.6 Å². The molecule has 8 heteroatoms. The van der Waals surface area contributed by atoms with E-state index in [9.17, 15) is 18.0 Å². The normalized spacial score (nSPS) is 24.3. The highest BCUT2D eigenvalue weighted by molar-refractivity contribution is 6.33. The molecular weight excluding hydrogens is 443 g/mol. The Morgan fingerprint density at radius 3 is 2.66 bits per heavy atom. The molecule has 4 nitrogen and oxygen atoms in total. The van der Waals surface area contributed by atoms with Gasteiger partial charge in [-0.3, -0.25) is 0 Å². The van der Waals surface area contributed by atoms with E-state index in [1.165, 1.54) is 7.11 Å². The third-order valence-electron chi connectivity index (χ3n) is 6.73. The monoisotopic (exact) mass is 467 g/mol. The Morgan fingerprint density at radius 2 is 2.00 bits per heavy atom. The molecule has 0 saturated heterocycles. The number of carbonyl (C=O) groups excluding carboxylic acids is 1. The van der Waals surface area contributed by atoms with Crippen molar-refractivity contribution in [1.29, 1.82) is 0 Å². The largest absolute Gasteiger partial charge is 0.465 e. The number of rotatable bonds is 7. The van der Waals surface area contributed by atoms with Gasteiger partial charge in [0.1, 0.15) is 5.15 Å². The maximum Gasteiger partial charge on any atom is 0.395 e. The molecule has 0 radical (unpaired) electrons. The van der Waals surface area contributed by atoms with Gasteiger partial charge in [-0.1, -0.05) is 54.1 Å². The molecule has 1 unspecified atom stereocenters. The number of aromatic nitrogens is 1. The van der Waals surface area contributed by atoms with Gasteiger partial charge in [0.25, 0.3) is 0 Å². The van der Waals surface area contributed by atoms with Crippen molar-refractivity contribution in [2.75, 3.05) is 13.7 Å². The van der Waals surface area contributed by atoms with Gasteiger partial charge in [-0.15, -0.1) is 0 Å². The molecule has 32 heavy (non-hydrogen) atoms. The molecule has 0 spiro atoms. The van der Waals surface area contributed by atoms with Gasteiger partial charge in [-0.05, 0) is 36.8 Å². The van der Waals surface area contributed by atoms with Crippen molar-refractivity contribution in [2.45, 2.75) is 45.0 Å². The summed E-state index contributed by atoms with van der Waals surface area (Å²) in [6.07, 6.45) is -0.433. The molecule has 1 aromatic carbocycles. The molecule has 3 atom stereocenters. The molecule has 172 valence electrons. The van der Waals surface area contributed by atoms with Crippen LogP contribution in [0.1, 0.15) is 45.9 Å². The highest BCUT2D eigenvalue weighted by atomic mass is 35.5. The Labute approximate surface area is 190 Å². The van der Waals surface area contributed by atoms with E-state index in [4.69, 9.17) is 21.1 Å². The smallest absolute Gasteiger partial charge is 0.395 e. The van der Waals surface area contributed by atoms with Crippen molar-refractivity contribution in [2.24, 2.45) is 11.3 Å². The van der Waals surface area contributed by atoms with E-state index in [0.29, 0.717) is 24.3 Å². The van der Waals surface area contributed by atoms with Crippen LogP contribution in [0.3, 0.4) is 0 Å². The summed E-state index contributed by atoms with van der Waals surface area (Å²) in [7, 11) is 1.23. The van der Waals surface area contributed by atoms with E-state index in [1.54, 1.807) is 23.6 Å². The second-order valence-electron chi connectivity index (χ2n) is 8.44. The Hall–Kier alpha value is -2.25. The molecule has 4 rings (SSSR count). The predicted molar refractivity (Wildman–Crippen MR) is 115 cm³/mol. The standard InChI is InChI=1S/C24H25ClF3NO3/c1-15-19(22(30)31-2)21(25)29(11-12-32-14-16-7-4-3-5-8-16)20(15)18-10-6-9-17-13-23(17,18)24(26,27)28/h3-8,10,17-18H,9,11-14H2,1-2H3/t17?,18-,23-/m0/s1. The minimum absolute atomic E-state index is 0.0778. The van der Waals surface area contributed by atoms with Crippen LogP contribution >= 0.6 is 11.6 Å². The minimum Gasteiger partial charge on any atom is -0.465 e. The van der Waals surface area contributed by atoms with E-state index in [2.05, 4.69) is 0 Å². The maximum atomic E-state index is 14.2. The summed E-state index contributed by atoms with van der Waals surface area (Å²) in [6, 6.07) is 9.58. The number of allylic oxidation sites excluding steroid dienone is 2. The van der Waals surface area contributed by atoms with Crippen LogP contribution in [0, 0.1) is 18.3 Å². The second kappa shape index (κ2) is 8.60. The number of hydrogen-bond donors (Lipinski definition) is 0. The zero-order chi connectivity index (χ0) is 23.1. The highest BCUT2D eigenvalue weighted by Gasteiger charge is 2.74. The molecule has 0 bridgehead atoms. The van der Waals surface area contributed by atoms with Crippen LogP contribution in [0.4, 0.5) is 13.2 Å². The lowest BCUT2D eigenvalue weighted by Gasteiger charge is -2.32. The van der Waals surface area contributed by atoms with Crippen LogP contribution in [-0.4, -0.2) is 30.4 Å². The third kappa shape index (κ3) is 3.75. The number of fused-ring (bicyclic) bond motifs is 1. The van der Waals surface area contributed by atoms with Crippen LogP contribution in [0.2, 0.25) is 5.15 Å². The van der Waals surface area contributed by atoms with E-state index in [0.717, 1.165) is 5.56 Å². The number of ether oxygens (including phenoxy) is 2. The van der Waals surface area contributed by atoms with E-state index < -0.39 is 29.4 Å². The Balaban J connectivity index is 1.67. The zero-order valence-electron chi connectivity index (χ0n) is 17.9. The summed E-state index contributed by atoms with van der Waals surface area (Å²) in [5.41, 5.74) is 0.125. The summed E-state index contributed by atoms with van der Waals surface area (Å²) in [4.78, 5) is 12.4. The van der Waals surface area contributed by atoms with Crippen molar-refractivity contribution < 1.29 is 27.4 Å². The summed E-state index contributed by atoms with van der Waals surface area (Å²) < 4.78 is 54.8. The summed E-state index contributed by atoms with van der Waals surface area (Å²) in [5, 5.41) is 0.0844. The molecule has 0 aliphatic heterocycles. The first-order valence-electron chi connectivity index (χ1n) is 10.5. The maximum absolute atomic E-state index is 14.2. The van der Waals surface area contributed by atoms with Gasteiger partial charge in [0.05, 0.1) is 31.3 Å². The number of halogens is 4. The van der Waals surface area contributed by atoms with Crippen LogP contribution in [0.25, 0.3) is 0 Å². The Bertz CT molecular complexity index is 1030. The highest BCUT2D eigenvalue weighted by Crippen LogP contribution is 2.72. The fourth-order valence-corrected chi connectivity index (χ4v) is 5.43. The molecule has 2 aromatic rings. The van der Waals surface area contributed by atoms with Gasteiger partial charge in [-0.25, -0.2) is 4.79 Å². The lowest BCUT2D eigenvalue weighted by molar-refractivity contribution is -0.197. The molecule has 1 fully saturated rings. The molecular formula is C24H25ClF3NO3. The summed E-state index contributed by atoms with van der Waals surface area (Å²) in [5.74, 6) is -2.02. The van der Waals surface area contributed by atoms with Crippen LogP contribution < -0.4 is 0 Å². The summed E-state index contributed by atoms with van der Waals surface area (Å²) in [6.45, 7) is 2.46. The van der Waals surface area contributed by atoms with Gasteiger partial charge in [0, 0.05) is 18.2 Å². The molecule has 1 heterocycles. The number of benzene rings is 1. The molecule has 0 amide bonds. The number of esters is 1. The van der Waals surface area contributed by atoms with Gasteiger partial charge < -0.3 is 14.0 Å². The number of methoxy groups -OCH3 is 1. The van der Waals surface area contributed by atoms with E-state index >= 15 is 0 Å². The molecule has 2 aliphatic rings. The third-order valence-corrected chi connectivity index (χ3v) is 7.13. The SMILES string of the molecule is COC(=O)c1c(C)c([C@@H]2C=CCC3C[C@]32C(F)(F)F)n(CCOCc2ccccc2)c1Cl. The number of nitrogens with zero attached hydrogens (tertiary/aromatic N) is 1. The zero-order valence-corrected chi connectivity index (χ0v) is 18.7. The first-order chi connectivity index (χ1) is 15.2. The van der Waals surface area contributed by atoms with Crippen LogP contribution in [0.15, 0.2) is 42.5 Å². The van der Waals surface area contributed by atoms with Gasteiger partial charge in [0.2, 0.25) is 0 Å². The number of alkyl halides is 3. The molecule has 1 aromatic heterocycles. The second-order valence-corrected chi connectivity index (χ2v) is 8.80. The van der Waals surface area contributed by atoms with Crippen LogP contribution in [0.5, 0.6) is 0 Å². The summed E-state index contributed by atoms with van der Waals surface area (Å²) >= 11 is 6.55. The predicted octanol–water partition coefficient (Wildman–Crippen LogP) is 6.07. The Morgan fingerprint density at radius 1 is 1.28 bits per heavy atom. The fraction of sp³-hybridized carbons (Fsp3) is 0.458. The lowest BCUT2D eigenvalue weighted by atomic mass is 9.78. The van der Waals surface area contributed by atoms with Crippen molar-refractivity contribution in [3.05, 3.63) is 70.0 Å². The first kappa shape index (κ1) is 22.9. The first-order valence-corrected chi connectivity index (χ1v) is 10.9. The average Bonchev–Trinajstić information content (AvgIpc) is 3.48. The average molecular weight is 468 g/mol. The molecule has 1 saturated carbocycles. The molecule has 0 N–H and O–H groups in total. The number of carbonyl (C=O) groups is 1. The number of hydrogen-bond acceptors (Lipinski definition) is 3. The van der Waals surface area contributed by atoms with Gasteiger partial charge >= 0.3 is 12.1 Å². The van der Waals surface area contributed by atoms with E-state index in [1.807, 2.05) is 30.3 Å². The fourth-order valence-electron chi connectivity index (χ4n) is 5.04. The molecule has 2 aliphatic carbocycles. The van der Waals surface area contributed by atoms with Crippen molar-refractivity contribution in [1.82, 2.24) is 4.57 Å². The lowest BCUT2D eigenvalue weighted by Crippen LogP contribution is -2.35. The van der Waals surface area contributed by atoms with Gasteiger partial charge in [0.15, 0.2) is 0 Å². The van der Waals surface area contributed by atoms with E-state index in [-0.39, 0.29) is 30.3 Å². The van der Waals surface area contributed by atoms with Gasteiger partial charge in [-0.2, -0.15) is 13.2 Å². The van der Waals surface area contributed by atoms with Crippen molar-refractivity contribution >= 4 is 17.6 Å². The Kier molecular flexibility index (Phi) is 6.16. The van der Waals surface area contributed by atoms with Crippen molar-refractivity contribution in [3.8, 4) is 0 Å². The van der Waals surface area contributed by atoms with Crippen molar-refractivity contribution in [3.63, 3.8) is 0 Å². The topological polar surface area (TPSA) is 40.5 Å². The minimum atomic E-state index is -4.35. The quantitative estimate of drug-likeness (QED) is 0.282.